The SMILES string of the molecule is COC(=O)/N=C/c1cccc(OC)c1. The molecule has 0 fully saturated rings. The van der Waals surface area contributed by atoms with Gasteiger partial charge in [0.05, 0.1) is 14.2 Å². The number of hydrogen-bond donors (Lipinski definition) is 0. The highest BCUT2D eigenvalue weighted by Crippen LogP contribution is 2.10. The predicted molar refractivity (Wildman–Crippen MR) is 53.0 cm³/mol. The van der Waals surface area contributed by atoms with Crippen molar-refractivity contribution in [3.8, 4) is 5.75 Å². The van der Waals surface area contributed by atoms with E-state index < -0.39 is 6.09 Å². The second-order valence-electron chi connectivity index (χ2n) is 2.50. The lowest BCUT2D eigenvalue weighted by Crippen LogP contribution is -1.93. The number of aliphatic imine (C=N–C) groups is 1. The molecule has 0 spiro atoms. The molecule has 0 bridgehead atoms. The van der Waals surface area contributed by atoms with E-state index >= 15 is 0 Å². The minimum Gasteiger partial charge on any atom is -0.497 e. The Kier molecular flexibility index (Phi) is 3.67. The number of nitrogens with zero attached hydrogens (tertiary/aromatic N) is 1. The maximum Gasteiger partial charge on any atom is 0.433 e. The van der Waals surface area contributed by atoms with Crippen LogP contribution >= 0.6 is 0 Å². The fraction of sp³-hybridized carbons (Fsp3) is 0.200. The van der Waals surface area contributed by atoms with Gasteiger partial charge in [-0.15, -0.1) is 0 Å². The Hall–Kier alpha value is -1.84. The third-order valence-corrected chi connectivity index (χ3v) is 1.59. The Morgan fingerprint density at radius 2 is 2.21 bits per heavy atom. The number of amides is 1. The van der Waals surface area contributed by atoms with Gasteiger partial charge in [-0.1, -0.05) is 12.1 Å². The van der Waals surface area contributed by atoms with Gasteiger partial charge < -0.3 is 9.47 Å². The molecule has 74 valence electrons. The molecule has 4 heteroatoms. The molecule has 0 saturated heterocycles. The summed E-state index contributed by atoms with van der Waals surface area (Å²) in [5, 5.41) is 0. The molecular weight excluding hydrogens is 182 g/mol. The zero-order valence-electron chi connectivity index (χ0n) is 8.06. The molecule has 0 radical (unpaired) electrons. The van der Waals surface area contributed by atoms with E-state index in [0.29, 0.717) is 0 Å². The molecule has 14 heavy (non-hydrogen) atoms. The van der Waals surface area contributed by atoms with Crippen molar-refractivity contribution in [2.45, 2.75) is 0 Å². The summed E-state index contributed by atoms with van der Waals surface area (Å²) in [6.07, 6.45) is 0.807. The molecule has 0 atom stereocenters. The smallest absolute Gasteiger partial charge is 0.433 e. The number of carbonyl (C=O) groups excluding carboxylic acids is 1. The van der Waals surface area contributed by atoms with Crippen LogP contribution in [0.5, 0.6) is 5.75 Å². The molecule has 0 aromatic heterocycles. The summed E-state index contributed by atoms with van der Waals surface area (Å²) in [6.45, 7) is 0. The number of rotatable bonds is 2. The first kappa shape index (κ1) is 10.2. The van der Waals surface area contributed by atoms with Gasteiger partial charge >= 0.3 is 6.09 Å². The fourth-order valence-corrected chi connectivity index (χ4v) is 0.902. The Bertz CT molecular complexity index is 347. The Morgan fingerprint density at radius 3 is 2.86 bits per heavy atom. The second-order valence-corrected chi connectivity index (χ2v) is 2.50. The van der Waals surface area contributed by atoms with Gasteiger partial charge in [0.25, 0.3) is 0 Å². The van der Waals surface area contributed by atoms with Crippen molar-refractivity contribution in [3.05, 3.63) is 29.8 Å². The molecule has 4 nitrogen and oxygen atoms in total. The summed E-state index contributed by atoms with van der Waals surface area (Å²) in [4.78, 5) is 14.2. The lowest BCUT2D eigenvalue weighted by Gasteiger charge is -1.99. The molecule has 0 saturated carbocycles. The standard InChI is InChI=1S/C10H11NO3/c1-13-9-5-3-4-8(6-9)7-11-10(12)14-2/h3-7H,1-2H3/b11-7+. The average molecular weight is 193 g/mol. The first-order valence-electron chi connectivity index (χ1n) is 4.02. The lowest BCUT2D eigenvalue weighted by molar-refractivity contribution is 0.183. The number of methoxy groups -OCH3 is 2. The Morgan fingerprint density at radius 1 is 1.43 bits per heavy atom. The molecule has 0 heterocycles. The van der Waals surface area contributed by atoms with Crippen molar-refractivity contribution >= 4 is 12.3 Å². The number of benzene rings is 1. The maximum atomic E-state index is 10.7. The zero-order valence-corrected chi connectivity index (χ0v) is 8.06. The summed E-state index contributed by atoms with van der Waals surface area (Å²) in [6, 6.07) is 7.22. The zero-order chi connectivity index (χ0) is 10.4. The van der Waals surface area contributed by atoms with E-state index in [4.69, 9.17) is 4.74 Å². The van der Waals surface area contributed by atoms with Crippen LogP contribution in [0, 0.1) is 0 Å². The maximum absolute atomic E-state index is 10.7. The van der Waals surface area contributed by atoms with Crippen LogP contribution in [-0.2, 0) is 4.74 Å². The summed E-state index contributed by atoms with van der Waals surface area (Å²) >= 11 is 0. The summed E-state index contributed by atoms with van der Waals surface area (Å²) < 4.78 is 9.37. The van der Waals surface area contributed by atoms with Crippen LogP contribution in [0.3, 0.4) is 0 Å². The Labute approximate surface area is 82.2 Å². The topological polar surface area (TPSA) is 47.9 Å². The van der Waals surface area contributed by atoms with Gasteiger partial charge in [-0.2, -0.15) is 4.99 Å². The Balaban J connectivity index is 2.76. The van der Waals surface area contributed by atoms with E-state index in [1.165, 1.54) is 13.3 Å². The molecule has 0 aliphatic rings. The first-order chi connectivity index (χ1) is 6.76. The first-order valence-corrected chi connectivity index (χ1v) is 4.02. The van der Waals surface area contributed by atoms with Crippen molar-refractivity contribution in [2.24, 2.45) is 4.99 Å². The molecule has 0 unspecified atom stereocenters. The summed E-state index contributed by atoms with van der Waals surface area (Å²) in [5.41, 5.74) is 0.787. The van der Waals surface area contributed by atoms with E-state index in [1.54, 1.807) is 13.2 Å². The van der Waals surface area contributed by atoms with E-state index in [0.717, 1.165) is 11.3 Å². The molecule has 0 aliphatic heterocycles. The van der Waals surface area contributed by atoms with Crippen LogP contribution in [0.2, 0.25) is 0 Å². The largest absolute Gasteiger partial charge is 0.497 e. The highest BCUT2D eigenvalue weighted by Gasteiger charge is 1.94. The number of carbonyl (C=O) groups is 1. The normalized spacial score (nSPS) is 10.1. The third kappa shape index (κ3) is 2.90. The van der Waals surface area contributed by atoms with Crippen LogP contribution < -0.4 is 4.74 Å². The minimum atomic E-state index is -0.618. The molecular formula is C10H11NO3. The van der Waals surface area contributed by atoms with E-state index in [2.05, 4.69) is 9.73 Å². The van der Waals surface area contributed by atoms with Gasteiger partial charge in [-0.3, -0.25) is 0 Å². The highest BCUT2D eigenvalue weighted by molar-refractivity contribution is 5.89. The number of ether oxygens (including phenoxy) is 2. The quantitative estimate of drug-likeness (QED) is 0.674. The van der Waals surface area contributed by atoms with E-state index in [-0.39, 0.29) is 0 Å². The lowest BCUT2D eigenvalue weighted by atomic mass is 10.2. The molecule has 0 aliphatic carbocycles. The van der Waals surface area contributed by atoms with Gasteiger partial charge in [0.15, 0.2) is 0 Å². The second kappa shape index (κ2) is 5.01. The van der Waals surface area contributed by atoms with E-state index in [1.807, 2.05) is 18.2 Å². The highest BCUT2D eigenvalue weighted by atomic mass is 16.5. The number of hydrogen-bond acceptors (Lipinski definition) is 3. The van der Waals surface area contributed by atoms with Crippen LogP contribution in [-0.4, -0.2) is 26.5 Å². The summed E-state index contributed by atoms with van der Waals surface area (Å²) in [5.74, 6) is 0.721. The molecule has 1 rings (SSSR count). The molecule has 1 amide bonds. The van der Waals surface area contributed by atoms with Gasteiger partial charge in [0.1, 0.15) is 5.75 Å². The molecule has 1 aromatic carbocycles. The van der Waals surface area contributed by atoms with Crippen molar-refractivity contribution in [1.29, 1.82) is 0 Å². The fourth-order valence-electron chi connectivity index (χ4n) is 0.902. The van der Waals surface area contributed by atoms with Crippen LogP contribution in [0.1, 0.15) is 5.56 Å². The van der Waals surface area contributed by atoms with Gasteiger partial charge in [-0.05, 0) is 17.7 Å². The van der Waals surface area contributed by atoms with Gasteiger partial charge in [0.2, 0.25) is 0 Å². The van der Waals surface area contributed by atoms with Crippen LogP contribution in [0.4, 0.5) is 4.79 Å². The van der Waals surface area contributed by atoms with Crippen LogP contribution in [0.15, 0.2) is 29.3 Å². The predicted octanol–water partition coefficient (Wildman–Crippen LogP) is 1.88. The summed E-state index contributed by atoms with van der Waals surface area (Å²) in [7, 11) is 2.86. The van der Waals surface area contributed by atoms with Gasteiger partial charge in [-0.25, -0.2) is 4.79 Å². The van der Waals surface area contributed by atoms with Crippen molar-refractivity contribution in [1.82, 2.24) is 0 Å². The average Bonchev–Trinajstić information content (AvgIpc) is 2.26. The van der Waals surface area contributed by atoms with Gasteiger partial charge in [0, 0.05) is 6.21 Å². The minimum absolute atomic E-state index is 0.618. The van der Waals surface area contributed by atoms with Crippen molar-refractivity contribution in [2.75, 3.05) is 14.2 Å². The molecule has 0 N–H and O–H groups in total. The van der Waals surface area contributed by atoms with E-state index in [9.17, 15) is 4.79 Å². The third-order valence-electron chi connectivity index (χ3n) is 1.59. The van der Waals surface area contributed by atoms with Crippen molar-refractivity contribution in [3.63, 3.8) is 0 Å². The molecule has 1 aromatic rings. The van der Waals surface area contributed by atoms with Crippen LogP contribution in [0.25, 0.3) is 0 Å². The monoisotopic (exact) mass is 193 g/mol. The van der Waals surface area contributed by atoms with Crippen molar-refractivity contribution < 1.29 is 14.3 Å².